The molecule has 4 nitrogen and oxygen atoms in total. The maximum absolute atomic E-state index is 10.8. The molecule has 0 heterocycles. The Labute approximate surface area is 118 Å². The van der Waals surface area contributed by atoms with E-state index in [1.54, 1.807) is 12.1 Å². The van der Waals surface area contributed by atoms with E-state index < -0.39 is 0 Å². The summed E-state index contributed by atoms with van der Waals surface area (Å²) < 4.78 is 0. The van der Waals surface area contributed by atoms with Crippen molar-refractivity contribution >= 4 is 11.4 Å². The summed E-state index contributed by atoms with van der Waals surface area (Å²) in [5, 5.41) is 14.0. The standard InChI is InChI=1S/C16H18N2O2/c1-16(2,13-7-4-3-5-8-13)12-17-14-9-6-10-15(11-14)18(19)20/h3-11,17H,12H2,1-2H3. The number of hydrogen-bond donors (Lipinski definition) is 1. The SMILES string of the molecule is CC(C)(CNc1cccc([N+](=O)[O-])c1)c1ccccc1. The van der Waals surface area contributed by atoms with E-state index >= 15 is 0 Å². The van der Waals surface area contributed by atoms with E-state index in [1.807, 2.05) is 24.3 Å². The highest BCUT2D eigenvalue weighted by atomic mass is 16.6. The normalized spacial score (nSPS) is 11.1. The van der Waals surface area contributed by atoms with Gasteiger partial charge in [-0.3, -0.25) is 10.1 Å². The summed E-state index contributed by atoms with van der Waals surface area (Å²) in [6.07, 6.45) is 0. The van der Waals surface area contributed by atoms with Gasteiger partial charge in [0, 0.05) is 29.8 Å². The van der Waals surface area contributed by atoms with Gasteiger partial charge in [-0.05, 0) is 11.6 Å². The van der Waals surface area contributed by atoms with Crippen molar-refractivity contribution in [2.75, 3.05) is 11.9 Å². The molecule has 2 aromatic rings. The predicted octanol–water partition coefficient (Wildman–Crippen LogP) is 3.98. The fourth-order valence-corrected chi connectivity index (χ4v) is 2.04. The molecule has 0 fully saturated rings. The third-order valence-corrected chi connectivity index (χ3v) is 3.35. The molecule has 0 aromatic heterocycles. The quantitative estimate of drug-likeness (QED) is 0.660. The topological polar surface area (TPSA) is 55.2 Å². The molecule has 4 heteroatoms. The average Bonchev–Trinajstić information content (AvgIpc) is 2.46. The summed E-state index contributed by atoms with van der Waals surface area (Å²) in [6.45, 7) is 5.00. The fraction of sp³-hybridized carbons (Fsp3) is 0.250. The molecule has 0 radical (unpaired) electrons. The Hall–Kier alpha value is -2.36. The van der Waals surface area contributed by atoms with Crippen LogP contribution < -0.4 is 5.32 Å². The van der Waals surface area contributed by atoms with Crippen LogP contribution in [0.25, 0.3) is 0 Å². The Morgan fingerprint density at radius 1 is 1.10 bits per heavy atom. The van der Waals surface area contributed by atoms with Gasteiger partial charge in [0.05, 0.1) is 4.92 Å². The Kier molecular flexibility index (Phi) is 4.03. The average molecular weight is 270 g/mol. The van der Waals surface area contributed by atoms with Crippen molar-refractivity contribution in [2.24, 2.45) is 0 Å². The Morgan fingerprint density at radius 3 is 2.45 bits per heavy atom. The van der Waals surface area contributed by atoms with Gasteiger partial charge in [0.1, 0.15) is 0 Å². The summed E-state index contributed by atoms with van der Waals surface area (Å²) in [6, 6.07) is 16.8. The van der Waals surface area contributed by atoms with Crippen molar-refractivity contribution in [1.29, 1.82) is 0 Å². The molecule has 0 saturated heterocycles. The molecule has 0 aliphatic heterocycles. The Morgan fingerprint density at radius 2 is 1.80 bits per heavy atom. The first-order valence-corrected chi connectivity index (χ1v) is 6.53. The summed E-state index contributed by atoms with van der Waals surface area (Å²) in [7, 11) is 0. The third-order valence-electron chi connectivity index (χ3n) is 3.35. The van der Waals surface area contributed by atoms with Gasteiger partial charge in [-0.1, -0.05) is 50.2 Å². The van der Waals surface area contributed by atoms with Crippen molar-refractivity contribution in [3.8, 4) is 0 Å². The van der Waals surface area contributed by atoms with Gasteiger partial charge in [-0.2, -0.15) is 0 Å². The van der Waals surface area contributed by atoms with Gasteiger partial charge in [-0.25, -0.2) is 0 Å². The van der Waals surface area contributed by atoms with Gasteiger partial charge >= 0.3 is 0 Å². The first-order chi connectivity index (χ1) is 9.49. The molecule has 0 saturated carbocycles. The second-order valence-corrected chi connectivity index (χ2v) is 5.41. The maximum atomic E-state index is 10.8. The van der Waals surface area contributed by atoms with Crippen LogP contribution >= 0.6 is 0 Å². The van der Waals surface area contributed by atoms with Crippen LogP contribution in [0.2, 0.25) is 0 Å². The number of benzene rings is 2. The number of nitro groups is 1. The van der Waals surface area contributed by atoms with E-state index in [1.165, 1.54) is 11.6 Å². The molecule has 20 heavy (non-hydrogen) atoms. The van der Waals surface area contributed by atoms with E-state index in [2.05, 4.69) is 31.3 Å². The number of nitro benzene ring substituents is 1. The minimum atomic E-state index is -0.381. The highest BCUT2D eigenvalue weighted by Gasteiger charge is 2.20. The zero-order chi connectivity index (χ0) is 14.6. The molecule has 1 N–H and O–H groups in total. The number of nitrogens with one attached hydrogen (secondary N) is 1. The van der Waals surface area contributed by atoms with Crippen molar-refractivity contribution in [1.82, 2.24) is 0 Å². The van der Waals surface area contributed by atoms with Crippen LogP contribution in [0.5, 0.6) is 0 Å². The van der Waals surface area contributed by atoms with Crippen molar-refractivity contribution < 1.29 is 4.92 Å². The van der Waals surface area contributed by atoms with E-state index in [-0.39, 0.29) is 16.0 Å². The first-order valence-electron chi connectivity index (χ1n) is 6.53. The lowest BCUT2D eigenvalue weighted by molar-refractivity contribution is -0.384. The molecular weight excluding hydrogens is 252 g/mol. The lowest BCUT2D eigenvalue weighted by Crippen LogP contribution is -2.27. The molecular formula is C16H18N2O2. The molecule has 104 valence electrons. The predicted molar refractivity (Wildman–Crippen MR) is 81.1 cm³/mol. The van der Waals surface area contributed by atoms with E-state index in [0.29, 0.717) is 6.54 Å². The monoisotopic (exact) mass is 270 g/mol. The second kappa shape index (κ2) is 5.74. The van der Waals surface area contributed by atoms with Gasteiger partial charge in [0.2, 0.25) is 0 Å². The summed E-state index contributed by atoms with van der Waals surface area (Å²) in [5.74, 6) is 0. The molecule has 0 atom stereocenters. The van der Waals surface area contributed by atoms with Gasteiger partial charge < -0.3 is 5.32 Å². The van der Waals surface area contributed by atoms with Crippen LogP contribution in [0.3, 0.4) is 0 Å². The summed E-state index contributed by atoms with van der Waals surface area (Å²) in [5.41, 5.74) is 2.06. The minimum Gasteiger partial charge on any atom is -0.384 e. The molecule has 0 amide bonds. The van der Waals surface area contributed by atoms with Crippen LogP contribution in [-0.4, -0.2) is 11.5 Å². The van der Waals surface area contributed by atoms with Crippen molar-refractivity contribution in [3.05, 3.63) is 70.3 Å². The highest BCUT2D eigenvalue weighted by Crippen LogP contribution is 2.24. The maximum Gasteiger partial charge on any atom is 0.271 e. The van der Waals surface area contributed by atoms with E-state index in [4.69, 9.17) is 0 Å². The zero-order valence-electron chi connectivity index (χ0n) is 11.7. The third kappa shape index (κ3) is 3.35. The number of hydrogen-bond acceptors (Lipinski definition) is 3. The largest absolute Gasteiger partial charge is 0.384 e. The zero-order valence-corrected chi connectivity index (χ0v) is 11.7. The van der Waals surface area contributed by atoms with Crippen molar-refractivity contribution in [2.45, 2.75) is 19.3 Å². The summed E-state index contributed by atoms with van der Waals surface area (Å²) in [4.78, 5) is 10.4. The lowest BCUT2D eigenvalue weighted by atomic mass is 9.84. The first kappa shape index (κ1) is 14.1. The van der Waals surface area contributed by atoms with Crippen LogP contribution in [-0.2, 0) is 5.41 Å². The highest BCUT2D eigenvalue weighted by molar-refractivity contribution is 5.51. The number of rotatable bonds is 5. The lowest BCUT2D eigenvalue weighted by Gasteiger charge is -2.26. The van der Waals surface area contributed by atoms with E-state index in [0.717, 1.165) is 5.69 Å². The molecule has 0 aliphatic carbocycles. The molecule has 0 aliphatic rings. The smallest absolute Gasteiger partial charge is 0.271 e. The number of anilines is 1. The Balaban J connectivity index is 2.08. The second-order valence-electron chi connectivity index (χ2n) is 5.41. The van der Waals surface area contributed by atoms with Crippen LogP contribution in [0.15, 0.2) is 54.6 Å². The van der Waals surface area contributed by atoms with Crippen LogP contribution in [0, 0.1) is 10.1 Å². The van der Waals surface area contributed by atoms with Crippen LogP contribution in [0.1, 0.15) is 19.4 Å². The van der Waals surface area contributed by atoms with Gasteiger partial charge in [0.15, 0.2) is 0 Å². The van der Waals surface area contributed by atoms with Gasteiger partial charge in [-0.15, -0.1) is 0 Å². The van der Waals surface area contributed by atoms with Crippen molar-refractivity contribution in [3.63, 3.8) is 0 Å². The fourth-order valence-electron chi connectivity index (χ4n) is 2.04. The van der Waals surface area contributed by atoms with E-state index in [9.17, 15) is 10.1 Å². The molecule has 0 bridgehead atoms. The minimum absolute atomic E-state index is 0.0497. The van der Waals surface area contributed by atoms with Gasteiger partial charge in [0.25, 0.3) is 5.69 Å². The molecule has 0 spiro atoms. The molecule has 2 aromatic carbocycles. The summed E-state index contributed by atoms with van der Waals surface area (Å²) >= 11 is 0. The Bertz CT molecular complexity index is 594. The molecule has 2 rings (SSSR count). The number of nitrogens with zero attached hydrogens (tertiary/aromatic N) is 1. The molecule has 0 unspecified atom stereocenters. The van der Waals surface area contributed by atoms with Crippen LogP contribution in [0.4, 0.5) is 11.4 Å². The number of non-ortho nitro benzene ring substituents is 1.